The molecular formula is C21H24Cl2N2O3S. The lowest BCUT2D eigenvalue weighted by Gasteiger charge is -2.40. The molecule has 0 saturated heterocycles. The van der Waals surface area contributed by atoms with Crippen molar-refractivity contribution in [3.05, 3.63) is 58.1 Å². The van der Waals surface area contributed by atoms with Crippen LogP contribution in [0.3, 0.4) is 0 Å². The number of carbonyl (C=O) groups excluding carboxylic acids is 1. The van der Waals surface area contributed by atoms with Crippen LogP contribution in [0.5, 0.6) is 0 Å². The van der Waals surface area contributed by atoms with Crippen molar-refractivity contribution in [3.63, 3.8) is 0 Å². The molecule has 0 unspecified atom stereocenters. The molecule has 156 valence electrons. The molecule has 1 saturated carbocycles. The summed E-state index contributed by atoms with van der Waals surface area (Å²) in [7, 11) is -3.65. The number of nitrogens with one attached hydrogen (secondary N) is 1. The van der Waals surface area contributed by atoms with Gasteiger partial charge in [0.1, 0.15) is 0 Å². The van der Waals surface area contributed by atoms with Gasteiger partial charge in [0.25, 0.3) is 0 Å². The maximum atomic E-state index is 13.2. The van der Waals surface area contributed by atoms with Crippen molar-refractivity contribution < 1.29 is 13.2 Å². The van der Waals surface area contributed by atoms with Crippen molar-refractivity contribution in [2.45, 2.75) is 43.4 Å². The minimum atomic E-state index is -3.65. The largest absolute Gasteiger partial charge is 0.324 e. The van der Waals surface area contributed by atoms with Crippen molar-refractivity contribution in [2.75, 3.05) is 18.4 Å². The summed E-state index contributed by atoms with van der Waals surface area (Å²) in [5.74, 6) is -0.189. The smallest absolute Gasteiger partial charge is 0.243 e. The minimum Gasteiger partial charge on any atom is -0.324 e. The Morgan fingerprint density at radius 1 is 1.07 bits per heavy atom. The third-order valence-electron chi connectivity index (χ3n) is 5.57. The first-order valence-electron chi connectivity index (χ1n) is 9.62. The van der Waals surface area contributed by atoms with E-state index in [0.717, 1.165) is 24.8 Å². The second-order valence-corrected chi connectivity index (χ2v) is 9.91. The average molecular weight is 455 g/mol. The van der Waals surface area contributed by atoms with E-state index in [-0.39, 0.29) is 10.8 Å². The van der Waals surface area contributed by atoms with Crippen molar-refractivity contribution in [1.29, 1.82) is 0 Å². The maximum Gasteiger partial charge on any atom is 0.243 e. The van der Waals surface area contributed by atoms with Gasteiger partial charge in [-0.05, 0) is 48.7 Å². The zero-order valence-electron chi connectivity index (χ0n) is 16.4. The Hall–Kier alpha value is -1.60. The van der Waals surface area contributed by atoms with E-state index in [0.29, 0.717) is 28.8 Å². The number of halogens is 2. The Morgan fingerprint density at radius 2 is 1.69 bits per heavy atom. The summed E-state index contributed by atoms with van der Waals surface area (Å²) in [5.41, 5.74) is 0.542. The van der Waals surface area contributed by atoms with Gasteiger partial charge in [-0.25, -0.2) is 8.42 Å². The Kier molecular flexibility index (Phi) is 6.58. The van der Waals surface area contributed by atoms with Crippen LogP contribution < -0.4 is 5.32 Å². The van der Waals surface area contributed by atoms with Crippen LogP contribution in [0, 0.1) is 0 Å². The van der Waals surface area contributed by atoms with Gasteiger partial charge in [-0.1, -0.05) is 55.6 Å². The van der Waals surface area contributed by atoms with E-state index in [1.807, 2.05) is 12.1 Å². The van der Waals surface area contributed by atoms with Crippen LogP contribution in [0.4, 0.5) is 5.69 Å². The molecule has 8 heteroatoms. The van der Waals surface area contributed by atoms with Crippen LogP contribution >= 0.6 is 23.2 Å². The normalized spacial score (nSPS) is 15.8. The third-order valence-corrected chi connectivity index (χ3v) is 8.20. The maximum absolute atomic E-state index is 13.2. The van der Waals surface area contributed by atoms with Crippen molar-refractivity contribution in [1.82, 2.24) is 4.31 Å². The van der Waals surface area contributed by atoms with Crippen molar-refractivity contribution in [3.8, 4) is 0 Å². The first kappa shape index (κ1) is 22.1. The molecule has 0 atom stereocenters. The van der Waals surface area contributed by atoms with Gasteiger partial charge in [0, 0.05) is 18.1 Å². The highest BCUT2D eigenvalue weighted by molar-refractivity contribution is 7.89. The molecule has 29 heavy (non-hydrogen) atoms. The third kappa shape index (κ3) is 4.17. The molecule has 1 aliphatic rings. The van der Waals surface area contributed by atoms with Gasteiger partial charge in [0.2, 0.25) is 15.9 Å². The highest BCUT2D eigenvalue weighted by Crippen LogP contribution is 2.45. The van der Waals surface area contributed by atoms with Crippen LogP contribution in [-0.2, 0) is 20.2 Å². The van der Waals surface area contributed by atoms with Crippen LogP contribution in [0.2, 0.25) is 10.0 Å². The lowest BCUT2D eigenvalue weighted by Crippen LogP contribution is -2.46. The lowest BCUT2D eigenvalue weighted by molar-refractivity contribution is -0.124. The zero-order valence-corrected chi connectivity index (χ0v) is 18.7. The van der Waals surface area contributed by atoms with Crippen molar-refractivity contribution in [2.24, 2.45) is 0 Å². The van der Waals surface area contributed by atoms with E-state index >= 15 is 0 Å². The van der Waals surface area contributed by atoms with Gasteiger partial charge in [0.15, 0.2) is 0 Å². The van der Waals surface area contributed by atoms with E-state index in [9.17, 15) is 13.2 Å². The molecule has 5 nitrogen and oxygen atoms in total. The highest BCUT2D eigenvalue weighted by Gasteiger charge is 2.45. The van der Waals surface area contributed by atoms with Crippen LogP contribution in [0.25, 0.3) is 0 Å². The number of amides is 1. The summed E-state index contributed by atoms with van der Waals surface area (Å²) in [6.45, 7) is 4.30. The molecule has 2 aromatic carbocycles. The fraction of sp³-hybridized carbons (Fsp3) is 0.381. The molecule has 1 aliphatic carbocycles. The summed E-state index contributed by atoms with van der Waals surface area (Å²) in [5, 5.41) is 3.77. The molecule has 1 fully saturated rings. The number of hydrogen-bond donors (Lipinski definition) is 1. The molecule has 0 aliphatic heterocycles. The fourth-order valence-electron chi connectivity index (χ4n) is 3.66. The average Bonchev–Trinajstić information content (AvgIpc) is 2.64. The number of carbonyl (C=O) groups is 1. The molecule has 2 aromatic rings. The predicted octanol–water partition coefficient (Wildman–Crippen LogP) is 5.08. The van der Waals surface area contributed by atoms with E-state index in [1.165, 1.54) is 22.5 Å². The van der Waals surface area contributed by atoms with E-state index in [2.05, 4.69) is 5.32 Å². The Labute approximate surface area is 182 Å². The highest BCUT2D eigenvalue weighted by atomic mass is 35.5. The van der Waals surface area contributed by atoms with Crippen LogP contribution in [0.1, 0.15) is 38.7 Å². The molecule has 1 amide bonds. The Balaban J connectivity index is 1.91. The minimum absolute atomic E-state index is 0.107. The monoisotopic (exact) mass is 454 g/mol. The Morgan fingerprint density at radius 3 is 2.21 bits per heavy atom. The molecule has 0 spiro atoms. The van der Waals surface area contributed by atoms with Crippen LogP contribution in [0.15, 0.2) is 47.4 Å². The number of rotatable bonds is 7. The molecule has 0 bridgehead atoms. The quantitative estimate of drug-likeness (QED) is 0.633. The van der Waals surface area contributed by atoms with E-state index in [1.54, 1.807) is 26.0 Å². The van der Waals surface area contributed by atoms with Gasteiger partial charge in [0.05, 0.1) is 21.0 Å². The van der Waals surface area contributed by atoms with Crippen molar-refractivity contribution >= 4 is 44.8 Å². The summed E-state index contributed by atoms with van der Waals surface area (Å²) in [4.78, 5) is 13.3. The van der Waals surface area contributed by atoms with Gasteiger partial charge in [-0.3, -0.25) is 4.79 Å². The second kappa shape index (κ2) is 8.64. The molecule has 0 aromatic heterocycles. The lowest BCUT2D eigenvalue weighted by atomic mass is 9.64. The number of benzene rings is 2. The van der Waals surface area contributed by atoms with Gasteiger partial charge >= 0.3 is 0 Å². The summed E-state index contributed by atoms with van der Waals surface area (Å²) in [6.07, 6.45) is 2.38. The summed E-state index contributed by atoms with van der Waals surface area (Å²) >= 11 is 12.3. The van der Waals surface area contributed by atoms with Gasteiger partial charge in [-0.15, -0.1) is 0 Å². The van der Waals surface area contributed by atoms with Gasteiger partial charge in [-0.2, -0.15) is 4.31 Å². The SMILES string of the molecule is CCN(CC)S(=O)(=O)c1ccc(Cl)c(NC(=O)C2(c3ccc(Cl)cc3)CCC2)c1. The second-order valence-electron chi connectivity index (χ2n) is 7.13. The standard InChI is InChI=1S/C21H24Cl2N2O3S/c1-3-25(4-2)29(27,28)17-10-11-18(23)19(14-17)24-20(26)21(12-5-13-21)15-6-8-16(22)9-7-15/h6-11,14H,3-5,12-13H2,1-2H3,(H,24,26). The molecule has 0 radical (unpaired) electrons. The van der Waals surface area contributed by atoms with E-state index < -0.39 is 15.4 Å². The van der Waals surface area contributed by atoms with Crippen LogP contribution in [-0.4, -0.2) is 31.7 Å². The fourth-order valence-corrected chi connectivity index (χ4v) is 5.44. The molecular weight excluding hydrogens is 431 g/mol. The number of nitrogens with zero attached hydrogens (tertiary/aromatic N) is 1. The summed E-state index contributed by atoms with van der Waals surface area (Å²) < 4.78 is 27.0. The molecule has 3 rings (SSSR count). The van der Waals surface area contributed by atoms with E-state index in [4.69, 9.17) is 23.2 Å². The molecule has 0 heterocycles. The number of sulfonamides is 1. The number of anilines is 1. The molecule has 1 N–H and O–H groups in total. The first-order valence-corrected chi connectivity index (χ1v) is 11.8. The summed E-state index contributed by atoms with van der Waals surface area (Å²) in [6, 6.07) is 11.7. The predicted molar refractivity (Wildman–Crippen MR) is 117 cm³/mol. The van der Waals surface area contributed by atoms with Gasteiger partial charge < -0.3 is 5.32 Å². The number of hydrogen-bond acceptors (Lipinski definition) is 3. The Bertz CT molecular complexity index is 999. The zero-order chi connectivity index (χ0) is 21.2. The topological polar surface area (TPSA) is 66.5 Å². The first-order chi connectivity index (χ1) is 13.7.